The summed E-state index contributed by atoms with van der Waals surface area (Å²) in [7, 11) is 2.97. The van der Waals surface area contributed by atoms with Crippen LogP contribution in [0.15, 0.2) is 42.5 Å². The van der Waals surface area contributed by atoms with E-state index in [1.165, 1.54) is 31.3 Å². The van der Waals surface area contributed by atoms with E-state index in [0.29, 0.717) is 28.8 Å². The Morgan fingerprint density at radius 1 is 0.971 bits per heavy atom. The van der Waals surface area contributed by atoms with Gasteiger partial charge in [0.1, 0.15) is 11.5 Å². The lowest BCUT2D eigenvalue weighted by molar-refractivity contribution is -0.122. The normalized spacial score (nSPS) is 21.3. The van der Waals surface area contributed by atoms with Crippen LogP contribution in [0.5, 0.6) is 11.5 Å². The molecule has 2 aromatic rings. The molecule has 3 atom stereocenters. The number of fused-ring (bicyclic) bond motifs is 1. The number of benzene rings is 2. The molecular formula is C26H28N2O7. The van der Waals surface area contributed by atoms with Crippen LogP contribution in [0.4, 0.5) is 11.4 Å². The summed E-state index contributed by atoms with van der Waals surface area (Å²) >= 11 is 0. The highest BCUT2D eigenvalue weighted by Crippen LogP contribution is 2.42. The minimum atomic E-state index is -0.703. The smallest absolute Gasteiger partial charge is 0.338 e. The van der Waals surface area contributed by atoms with E-state index >= 15 is 0 Å². The largest absolute Gasteiger partial charge is 0.497 e. The lowest BCUT2D eigenvalue weighted by atomic mass is 9.76. The van der Waals surface area contributed by atoms with Crippen LogP contribution < -0.4 is 19.7 Å². The molecule has 4 rings (SSSR count). The van der Waals surface area contributed by atoms with Gasteiger partial charge in [-0.2, -0.15) is 0 Å². The standard InChI is InChI=1S/C26H28N2O7/c1-15-4-10-19-20(12-15)25(31)28(24(19)30)17-7-5-16(6-8-17)26(32)35-14-23(29)27-21-13-18(33-2)9-11-22(21)34-3/h5-9,11,13,15,19-20H,4,10,12,14H2,1-3H3,(H,27,29)/t15-,19+,20+/m0/s1. The molecule has 1 saturated heterocycles. The van der Waals surface area contributed by atoms with Gasteiger partial charge in [0.2, 0.25) is 11.8 Å². The molecule has 3 amide bonds. The summed E-state index contributed by atoms with van der Waals surface area (Å²) in [5.74, 6) is -0.742. The van der Waals surface area contributed by atoms with Gasteiger partial charge in [-0.15, -0.1) is 0 Å². The molecule has 0 spiro atoms. The Bertz CT molecular complexity index is 1140. The van der Waals surface area contributed by atoms with E-state index in [0.717, 1.165) is 19.3 Å². The number of carbonyl (C=O) groups excluding carboxylic acids is 4. The fraction of sp³-hybridized carbons (Fsp3) is 0.385. The summed E-state index contributed by atoms with van der Waals surface area (Å²) < 4.78 is 15.5. The molecule has 0 unspecified atom stereocenters. The first kappa shape index (κ1) is 24.3. The Labute approximate surface area is 203 Å². The van der Waals surface area contributed by atoms with Gasteiger partial charge >= 0.3 is 5.97 Å². The molecule has 0 aromatic heterocycles. The number of anilines is 2. The van der Waals surface area contributed by atoms with Crippen molar-refractivity contribution >= 4 is 35.1 Å². The molecule has 1 aliphatic carbocycles. The van der Waals surface area contributed by atoms with E-state index in [4.69, 9.17) is 14.2 Å². The van der Waals surface area contributed by atoms with Gasteiger partial charge in [0.25, 0.3) is 5.91 Å². The molecule has 1 heterocycles. The number of methoxy groups -OCH3 is 2. The summed E-state index contributed by atoms with van der Waals surface area (Å²) in [6, 6.07) is 11.0. The number of nitrogens with one attached hydrogen (secondary N) is 1. The van der Waals surface area contributed by atoms with Crippen LogP contribution in [0.3, 0.4) is 0 Å². The zero-order valence-electron chi connectivity index (χ0n) is 19.9. The van der Waals surface area contributed by atoms with E-state index in [-0.39, 0.29) is 29.2 Å². The maximum absolute atomic E-state index is 12.9. The maximum Gasteiger partial charge on any atom is 0.338 e. The number of amides is 3. The molecular weight excluding hydrogens is 452 g/mol. The van der Waals surface area contributed by atoms with Crippen molar-refractivity contribution in [3.63, 3.8) is 0 Å². The molecule has 9 heteroatoms. The summed E-state index contributed by atoms with van der Waals surface area (Å²) in [4.78, 5) is 51.7. The van der Waals surface area contributed by atoms with Crippen LogP contribution in [0, 0.1) is 17.8 Å². The molecule has 1 aliphatic heterocycles. The quantitative estimate of drug-likeness (QED) is 0.477. The van der Waals surface area contributed by atoms with Crippen molar-refractivity contribution in [1.82, 2.24) is 0 Å². The lowest BCUT2D eigenvalue weighted by Crippen LogP contribution is -2.30. The number of rotatable bonds is 7. The molecule has 184 valence electrons. The van der Waals surface area contributed by atoms with Crippen molar-refractivity contribution in [2.45, 2.75) is 26.2 Å². The zero-order chi connectivity index (χ0) is 25.1. The van der Waals surface area contributed by atoms with Gasteiger partial charge in [0.15, 0.2) is 6.61 Å². The van der Waals surface area contributed by atoms with Gasteiger partial charge in [0, 0.05) is 6.07 Å². The van der Waals surface area contributed by atoms with Crippen molar-refractivity contribution in [2.75, 3.05) is 31.0 Å². The summed E-state index contributed by atoms with van der Waals surface area (Å²) in [5.41, 5.74) is 1.01. The Hall–Kier alpha value is -3.88. The highest BCUT2D eigenvalue weighted by molar-refractivity contribution is 6.22. The molecule has 1 N–H and O–H groups in total. The van der Waals surface area contributed by atoms with E-state index in [1.807, 2.05) is 0 Å². The number of imide groups is 1. The third-order valence-corrected chi connectivity index (χ3v) is 6.56. The monoisotopic (exact) mass is 480 g/mol. The summed E-state index contributed by atoms with van der Waals surface area (Å²) in [6.45, 7) is 1.59. The second-order valence-corrected chi connectivity index (χ2v) is 8.88. The van der Waals surface area contributed by atoms with Crippen LogP contribution in [-0.2, 0) is 19.1 Å². The predicted octanol–water partition coefficient (Wildman–Crippen LogP) is 3.42. The molecule has 1 saturated carbocycles. The second kappa shape index (κ2) is 10.2. The molecule has 2 aromatic carbocycles. The first-order chi connectivity index (χ1) is 16.8. The Balaban J connectivity index is 1.36. The van der Waals surface area contributed by atoms with Crippen LogP contribution in [-0.4, -0.2) is 44.5 Å². The molecule has 2 fully saturated rings. The number of esters is 1. The third kappa shape index (κ3) is 4.99. The average Bonchev–Trinajstić information content (AvgIpc) is 3.11. The third-order valence-electron chi connectivity index (χ3n) is 6.56. The van der Waals surface area contributed by atoms with Gasteiger partial charge < -0.3 is 19.5 Å². The van der Waals surface area contributed by atoms with Gasteiger partial charge in [0.05, 0.1) is 43.0 Å². The van der Waals surface area contributed by atoms with Gasteiger partial charge in [-0.1, -0.05) is 6.92 Å². The minimum Gasteiger partial charge on any atom is -0.497 e. The van der Waals surface area contributed by atoms with Crippen LogP contribution in [0.25, 0.3) is 0 Å². The van der Waals surface area contributed by atoms with Crippen molar-refractivity contribution in [2.24, 2.45) is 17.8 Å². The number of ether oxygens (including phenoxy) is 3. The Morgan fingerprint density at radius 3 is 2.37 bits per heavy atom. The minimum absolute atomic E-state index is 0.174. The fourth-order valence-electron chi connectivity index (χ4n) is 4.70. The fourth-order valence-corrected chi connectivity index (χ4v) is 4.70. The van der Waals surface area contributed by atoms with Crippen molar-refractivity contribution in [1.29, 1.82) is 0 Å². The SMILES string of the molecule is COc1ccc(OC)c(NC(=O)COC(=O)c2ccc(N3C(=O)[C@@H]4CC[C@H](C)C[C@H]4C3=O)cc2)c1. The average molecular weight is 481 g/mol. The summed E-state index contributed by atoms with van der Waals surface area (Å²) in [6.07, 6.45) is 2.39. The Kier molecular flexibility index (Phi) is 7.04. The van der Waals surface area contributed by atoms with Crippen molar-refractivity contribution in [3.8, 4) is 11.5 Å². The van der Waals surface area contributed by atoms with Gasteiger partial charge in [-0.05, 0) is 61.6 Å². The van der Waals surface area contributed by atoms with Crippen LogP contribution in [0.1, 0.15) is 36.5 Å². The molecule has 0 radical (unpaired) electrons. The topological polar surface area (TPSA) is 111 Å². The first-order valence-electron chi connectivity index (χ1n) is 11.5. The van der Waals surface area contributed by atoms with Crippen molar-refractivity contribution in [3.05, 3.63) is 48.0 Å². The van der Waals surface area contributed by atoms with Crippen molar-refractivity contribution < 1.29 is 33.4 Å². The van der Waals surface area contributed by atoms with E-state index in [9.17, 15) is 19.2 Å². The number of hydrogen-bond donors (Lipinski definition) is 1. The predicted molar refractivity (Wildman–Crippen MR) is 127 cm³/mol. The molecule has 35 heavy (non-hydrogen) atoms. The highest BCUT2D eigenvalue weighted by Gasteiger charge is 2.49. The Morgan fingerprint density at radius 2 is 1.69 bits per heavy atom. The number of carbonyl (C=O) groups is 4. The highest BCUT2D eigenvalue weighted by atomic mass is 16.5. The van der Waals surface area contributed by atoms with E-state index in [2.05, 4.69) is 12.2 Å². The molecule has 2 aliphatic rings. The van der Waals surface area contributed by atoms with Gasteiger partial charge in [-0.3, -0.25) is 19.3 Å². The number of hydrogen-bond acceptors (Lipinski definition) is 7. The van der Waals surface area contributed by atoms with Crippen LogP contribution in [0.2, 0.25) is 0 Å². The van der Waals surface area contributed by atoms with E-state index < -0.39 is 18.5 Å². The number of nitrogens with zero attached hydrogens (tertiary/aromatic N) is 1. The summed E-state index contributed by atoms with van der Waals surface area (Å²) in [5, 5.41) is 2.62. The van der Waals surface area contributed by atoms with Gasteiger partial charge in [-0.25, -0.2) is 4.79 Å². The first-order valence-corrected chi connectivity index (χ1v) is 11.5. The second-order valence-electron chi connectivity index (χ2n) is 8.88. The maximum atomic E-state index is 12.9. The molecule has 0 bridgehead atoms. The van der Waals surface area contributed by atoms with Crippen LogP contribution >= 0.6 is 0 Å². The van der Waals surface area contributed by atoms with E-state index in [1.54, 1.807) is 30.3 Å². The molecule has 9 nitrogen and oxygen atoms in total. The lowest BCUT2D eigenvalue weighted by Gasteiger charge is -2.25. The zero-order valence-corrected chi connectivity index (χ0v) is 19.9.